The zero-order chi connectivity index (χ0) is 45.0. The maximum atomic E-state index is 13.0. The SMILES string of the molecule is CCCCCCCCCCCCCCCCCCCCC/C=C/OC(=O)c1cccc(S(=O)(=O)[O-])c1C(=O)O/C=C/CCCCCCCCCCCCCCCCCCCCC.[Na+]. The Bertz CT molecular complexity index is 1380. The van der Waals surface area contributed by atoms with Crippen LogP contribution in [0.4, 0.5) is 0 Å². The minimum atomic E-state index is -5.06. The average molecular weight is 909 g/mol. The van der Waals surface area contributed by atoms with Gasteiger partial charge in [-0.25, -0.2) is 18.0 Å². The Kier molecular flexibility index (Phi) is 44.6. The van der Waals surface area contributed by atoms with Crippen molar-refractivity contribution in [1.29, 1.82) is 0 Å². The molecule has 0 heterocycles. The number of carbonyl (C=O) groups excluding carboxylic acids is 2. The summed E-state index contributed by atoms with van der Waals surface area (Å²) in [5.74, 6) is -2.01. The van der Waals surface area contributed by atoms with Crippen LogP contribution in [-0.2, 0) is 19.6 Å². The first-order chi connectivity index (χ1) is 30.3. The zero-order valence-corrected chi connectivity index (χ0v) is 43.9. The molecule has 0 bridgehead atoms. The fraction of sp³-hybridized carbons (Fsp3) is 0.778. The molecule has 0 saturated carbocycles. The van der Waals surface area contributed by atoms with E-state index < -0.39 is 32.5 Å². The van der Waals surface area contributed by atoms with E-state index in [1.807, 2.05) is 0 Å². The van der Waals surface area contributed by atoms with E-state index in [1.54, 1.807) is 12.2 Å². The van der Waals surface area contributed by atoms with Crippen LogP contribution in [0.2, 0.25) is 0 Å². The van der Waals surface area contributed by atoms with E-state index in [1.165, 1.54) is 243 Å². The van der Waals surface area contributed by atoms with Crippen molar-refractivity contribution in [3.63, 3.8) is 0 Å². The number of hydrogen-bond donors (Lipinski definition) is 0. The van der Waals surface area contributed by atoms with Crippen molar-refractivity contribution in [1.82, 2.24) is 0 Å². The minimum absolute atomic E-state index is 0. The topological polar surface area (TPSA) is 110 Å². The van der Waals surface area contributed by atoms with E-state index in [0.29, 0.717) is 6.42 Å². The van der Waals surface area contributed by atoms with Gasteiger partial charge in [0.2, 0.25) is 0 Å². The summed E-state index contributed by atoms with van der Waals surface area (Å²) in [7, 11) is -5.06. The Morgan fingerprint density at radius 2 is 0.714 bits per heavy atom. The molecule has 0 aliphatic carbocycles. The monoisotopic (exact) mass is 909 g/mol. The van der Waals surface area contributed by atoms with Gasteiger partial charge in [0.15, 0.2) is 0 Å². The third-order valence-electron chi connectivity index (χ3n) is 12.2. The smallest absolute Gasteiger partial charge is 0.744 e. The van der Waals surface area contributed by atoms with E-state index in [9.17, 15) is 22.6 Å². The third kappa shape index (κ3) is 37.3. The summed E-state index contributed by atoms with van der Waals surface area (Å²) in [6.07, 6.45) is 57.5. The van der Waals surface area contributed by atoms with Crippen LogP contribution in [0.25, 0.3) is 0 Å². The molecule has 0 N–H and O–H groups in total. The van der Waals surface area contributed by atoms with Gasteiger partial charge in [-0.2, -0.15) is 0 Å². The first kappa shape index (κ1) is 61.5. The van der Waals surface area contributed by atoms with Crippen molar-refractivity contribution in [3.8, 4) is 0 Å². The zero-order valence-electron chi connectivity index (χ0n) is 41.1. The molecule has 1 rings (SSSR count). The van der Waals surface area contributed by atoms with Crippen LogP contribution < -0.4 is 29.6 Å². The van der Waals surface area contributed by atoms with Gasteiger partial charge in [0.25, 0.3) is 0 Å². The molecule has 1 aromatic carbocycles. The summed E-state index contributed by atoms with van der Waals surface area (Å²) in [4.78, 5) is 25.1. The molecule has 7 nitrogen and oxygen atoms in total. The number of hydrogen-bond acceptors (Lipinski definition) is 7. The molecule has 0 atom stereocenters. The van der Waals surface area contributed by atoms with E-state index in [-0.39, 0.29) is 35.1 Å². The summed E-state index contributed by atoms with van der Waals surface area (Å²) in [6, 6.07) is 3.52. The van der Waals surface area contributed by atoms with E-state index >= 15 is 0 Å². The summed E-state index contributed by atoms with van der Waals surface area (Å²) in [5, 5.41) is 0. The van der Waals surface area contributed by atoms with Gasteiger partial charge in [0.05, 0.1) is 28.5 Å². The van der Waals surface area contributed by atoms with Crippen molar-refractivity contribution >= 4 is 22.1 Å². The molecule has 63 heavy (non-hydrogen) atoms. The fourth-order valence-electron chi connectivity index (χ4n) is 8.28. The third-order valence-corrected chi connectivity index (χ3v) is 13.1. The van der Waals surface area contributed by atoms with Gasteiger partial charge in [-0.15, -0.1) is 0 Å². The number of esters is 2. The number of unbranched alkanes of at least 4 members (excludes halogenated alkanes) is 38. The van der Waals surface area contributed by atoms with Gasteiger partial charge in [-0.3, -0.25) is 0 Å². The molecule has 0 aromatic heterocycles. The van der Waals surface area contributed by atoms with E-state index in [4.69, 9.17) is 9.47 Å². The van der Waals surface area contributed by atoms with Crippen LogP contribution in [0.1, 0.15) is 291 Å². The molecule has 1 aromatic rings. The van der Waals surface area contributed by atoms with Crippen LogP contribution in [-0.4, -0.2) is 24.9 Å². The number of ether oxygens (including phenoxy) is 2. The van der Waals surface area contributed by atoms with Gasteiger partial charge in [0.1, 0.15) is 10.1 Å². The molecule has 0 unspecified atom stereocenters. The first-order valence-electron chi connectivity index (χ1n) is 26.1. The second kappa shape index (κ2) is 45.7. The molecule has 0 saturated heterocycles. The predicted molar refractivity (Wildman–Crippen MR) is 260 cm³/mol. The molecule has 9 heteroatoms. The van der Waals surface area contributed by atoms with Crippen molar-refractivity contribution < 1.29 is 61.6 Å². The first-order valence-corrected chi connectivity index (χ1v) is 27.5. The predicted octanol–water partition coefficient (Wildman–Crippen LogP) is 14.6. The van der Waals surface area contributed by atoms with Crippen molar-refractivity contribution in [2.75, 3.05) is 0 Å². The minimum Gasteiger partial charge on any atom is -0.744 e. The van der Waals surface area contributed by atoms with Crippen LogP contribution >= 0.6 is 0 Å². The summed E-state index contributed by atoms with van der Waals surface area (Å²) in [5.41, 5.74) is -0.930. The quantitative estimate of drug-likeness (QED) is 0.0211. The Hall–Kier alpha value is -1.45. The van der Waals surface area contributed by atoms with Crippen LogP contribution in [0.15, 0.2) is 47.8 Å². The number of allylic oxidation sites excluding steroid dienone is 2. The van der Waals surface area contributed by atoms with Crippen LogP contribution in [0.3, 0.4) is 0 Å². The molecular weight excluding hydrogens is 816 g/mol. The maximum Gasteiger partial charge on any atom is 1.00 e. The molecule has 0 aliphatic heterocycles. The molecule has 0 amide bonds. The van der Waals surface area contributed by atoms with Crippen molar-refractivity contribution in [2.24, 2.45) is 0 Å². The number of carbonyl (C=O) groups is 2. The Labute approximate surface area is 410 Å². The normalized spacial score (nSPS) is 11.7. The Morgan fingerprint density at radius 3 is 1.00 bits per heavy atom. The second-order valence-electron chi connectivity index (χ2n) is 18.0. The van der Waals surface area contributed by atoms with E-state index in [2.05, 4.69) is 13.8 Å². The fourth-order valence-corrected chi connectivity index (χ4v) is 8.97. The van der Waals surface area contributed by atoms with Gasteiger partial charge in [-0.05, 0) is 50.0 Å². The largest absolute Gasteiger partial charge is 1.00 e. The number of benzene rings is 1. The van der Waals surface area contributed by atoms with Crippen LogP contribution in [0.5, 0.6) is 0 Å². The standard InChI is InChI=1S/C54H94O7S.Na/c1-3-5-7-9-11-13-15-17-19-21-23-25-27-29-31-33-35-37-39-41-43-48-60-53(55)50-46-45-47-51(62(57,58)59)52(50)54(56)61-49-44-42-40-38-36-34-32-30-28-26-24-22-20-18-16-14-12-10-8-6-4-2;/h43-49H,3-42H2,1-2H3,(H,57,58,59);/q;+1/p-1/b48-43+,49-44+;. The molecule has 0 spiro atoms. The molecular formula is C54H93NaO7S. The summed E-state index contributed by atoms with van der Waals surface area (Å²) >= 11 is 0. The average Bonchev–Trinajstić information content (AvgIpc) is 3.26. The second-order valence-corrected chi connectivity index (χ2v) is 19.3. The molecule has 0 fully saturated rings. The van der Waals surface area contributed by atoms with Gasteiger partial charge in [-0.1, -0.05) is 251 Å². The molecule has 358 valence electrons. The Morgan fingerprint density at radius 1 is 0.444 bits per heavy atom. The number of rotatable bonds is 45. The van der Waals surface area contributed by atoms with Gasteiger partial charge in [0, 0.05) is 0 Å². The van der Waals surface area contributed by atoms with E-state index in [0.717, 1.165) is 38.2 Å². The van der Waals surface area contributed by atoms with Crippen LogP contribution in [0, 0.1) is 0 Å². The maximum absolute atomic E-state index is 13.0. The molecule has 0 aliphatic rings. The van der Waals surface area contributed by atoms with Crippen molar-refractivity contribution in [2.45, 2.75) is 276 Å². The van der Waals surface area contributed by atoms with Gasteiger partial charge < -0.3 is 14.0 Å². The van der Waals surface area contributed by atoms with Crippen molar-refractivity contribution in [3.05, 3.63) is 54.0 Å². The summed E-state index contributed by atoms with van der Waals surface area (Å²) in [6.45, 7) is 4.55. The molecule has 0 radical (unpaired) electrons. The van der Waals surface area contributed by atoms with Gasteiger partial charge >= 0.3 is 41.5 Å². The Balaban J connectivity index is 0.0000384. The summed E-state index contributed by atoms with van der Waals surface area (Å²) < 4.78 is 46.5.